The zero-order valence-electron chi connectivity index (χ0n) is 7.64. The molecule has 2 nitrogen and oxygen atoms in total. The van der Waals surface area contributed by atoms with E-state index in [1.54, 1.807) is 0 Å². The molecule has 0 amide bonds. The van der Waals surface area contributed by atoms with Crippen LogP contribution in [0.4, 0.5) is 0 Å². The fraction of sp³-hybridized carbons (Fsp3) is 1.00. The molecule has 0 N–H and O–H groups in total. The van der Waals surface area contributed by atoms with E-state index >= 15 is 0 Å². The highest BCUT2D eigenvalue weighted by atomic mass is 79.9. The highest BCUT2D eigenvalue weighted by Gasteiger charge is 2.32. The van der Waals surface area contributed by atoms with Gasteiger partial charge in [0.2, 0.25) is 0 Å². The van der Waals surface area contributed by atoms with Crippen molar-refractivity contribution in [2.24, 2.45) is 0 Å². The summed E-state index contributed by atoms with van der Waals surface area (Å²) in [4.78, 5) is 0. The lowest BCUT2D eigenvalue weighted by atomic mass is 9.97. The van der Waals surface area contributed by atoms with Crippen LogP contribution in [0.1, 0.15) is 26.2 Å². The maximum atomic E-state index is 5.74. The second-order valence-electron chi connectivity index (χ2n) is 3.26. The average Bonchev–Trinajstić information content (AvgIpc) is 2.16. The lowest BCUT2D eigenvalue weighted by Gasteiger charge is -2.35. The Morgan fingerprint density at radius 1 is 1.50 bits per heavy atom. The van der Waals surface area contributed by atoms with Gasteiger partial charge in [-0.25, -0.2) is 0 Å². The number of ether oxygens (including phenoxy) is 2. The summed E-state index contributed by atoms with van der Waals surface area (Å²) in [6.07, 6.45) is 3.58. The summed E-state index contributed by atoms with van der Waals surface area (Å²) in [7, 11) is 0. The number of halogens is 1. The quantitative estimate of drug-likeness (QED) is 0.699. The number of hydrogen-bond acceptors (Lipinski definition) is 2. The van der Waals surface area contributed by atoms with E-state index in [1.807, 2.05) is 6.92 Å². The first-order valence-electron chi connectivity index (χ1n) is 4.61. The van der Waals surface area contributed by atoms with Crippen molar-refractivity contribution in [2.45, 2.75) is 31.8 Å². The van der Waals surface area contributed by atoms with E-state index in [0.29, 0.717) is 0 Å². The summed E-state index contributed by atoms with van der Waals surface area (Å²) in [5.74, 6) is 0. The van der Waals surface area contributed by atoms with Gasteiger partial charge in [0.05, 0.1) is 6.61 Å². The number of rotatable bonds is 4. The highest BCUT2D eigenvalue weighted by molar-refractivity contribution is 9.09. The van der Waals surface area contributed by atoms with Gasteiger partial charge in [-0.1, -0.05) is 15.9 Å². The standard InChI is InChI=1S/C9H17BrO2/c1-2-11-8-9(7-10)5-3-4-6-12-9/h2-8H2,1H3. The Bertz CT molecular complexity index is 122. The van der Waals surface area contributed by atoms with Gasteiger partial charge in [-0.2, -0.15) is 0 Å². The molecule has 0 aromatic rings. The van der Waals surface area contributed by atoms with E-state index in [9.17, 15) is 0 Å². The van der Waals surface area contributed by atoms with Crippen molar-refractivity contribution in [2.75, 3.05) is 25.2 Å². The topological polar surface area (TPSA) is 18.5 Å². The predicted molar refractivity (Wildman–Crippen MR) is 52.8 cm³/mol. The summed E-state index contributed by atoms with van der Waals surface area (Å²) in [5, 5.41) is 0.889. The van der Waals surface area contributed by atoms with Gasteiger partial charge in [0.1, 0.15) is 5.60 Å². The normalized spacial score (nSPS) is 30.5. The summed E-state index contributed by atoms with van der Waals surface area (Å²) in [6, 6.07) is 0. The summed E-state index contributed by atoms with van der Waals surface area (Å²) in [5.41, 5.74) is -0.0335. The molecule has 1 saturated heterocycles. The molecule has 1 fully saturated rings. The summed E-state index contributed by atoms with van der Waals surface area (Å²) < 4.78 is 11.2. The maximum Gasteiger partial charge on any atom is 0.101 e. The average molecular weight is 237 g/mol. The highest BCUT2D eigenvalue weighted by Crippen LogP contribution is 2.27. The van der Waals surface area contributed by atoms with E-state index in [2.05, 4.69) is 15.9 Å². The molecule has 0 aromatic heterocycles. The van der Waals surface area contributed by atoms with Crippen LogP contribution in [-0.4, -0.2) is 30.8 Å². The third-order valence-corrected chi connectivity index (χ3v) is 3.27. The van der Waals surface area contributed by atoms with Crippen LogP contribution < -0.4 is 0 Å². The van der Waals surface area contributed by atoms with Gasteiger partial charge in [0, 0.05) is 18.5 Å². The predicted octanol–water partition coefficient (Wildman–Crippen LogP) is 2.36. The van der Waals surface area contributed by atoms with Crippen LogP contribution in [0.25, 0.3) is 0 Å². The molecule has 0 saturated carbocycles. The lowest BCUT2D eigenvalue weighted by Crippen LogP contribution is -2.42. The minimum atomic E-state index is -0.0335. The fourth-order valence-electron chi connectivity index (χ4n) is 1.46. The molecule has 1 atom stereocenters. The van der Waals surface area contributed by atoms with Gasteiger partial charge in [-0.3, -0.25) is 0 Å². The minimum Gasteiger partial charge on any atom is -0.379 e. The van der Waals surface area contributed by atoms with Gasteiger partial charge in [-0.15, -0.1) is 0 Å². The third-order valence-electron chi connectivity index (χ3n) is 2.25. The Morgan fingerprint density at radius 3 is 2.83 bits per heavy atom. The Kier molecular flexibility index (Phi) is 4.54. The second-order valence-corrected chi connectivity index (χ2v) is 3.82. The molecule has 0 spiro atoms. The fourth-order valence-corrected chi connectivity index (χ4v) is 2.06. The molecule has 1 unspecified atom stereocenters. The van der Waals surface area contributed by atoms with Gasteiger partial charge in [0.15, 0.2) is 0 Å². The van der Waals surface area contributed by atoms with Gasteiger partial charge >= 0.3 is 0 Å². The molecule has 12 heavy (non-hydrogen) atoms. The molecule has 0 aliphatic carbocycles. The van der Waals surface area contributed by atoms with E-state index < -0.39 is 0 Å². The minimum absolute atomic E-state index is 0.0335. The molecule has 1 aliphatic heterocycles. The van der Waals surface area contributed by atoms with E-state index in [0.717, 1.165) is 31.6 Å². The molecular weight excluding hydrogens is 220 g/mol. The largest absolute Gasteiger partial charge is 0.379 e. The van der Waals surface area contributed by atoms with Crippen LogP contribution >= 0.6 is 15.9 Å². The van der Waals surface area contributed by atoms with Crippen LogP contribution in [0.15, 0.2) is 0 Å². The van der Waals surface area contributed by atoms with Crippen molar-refractivity contribution >= 4 is 15.9 Å². The number of hydrogen-bond donors (Lipinski definition) is 0. The molecule has 0 bridgehead atoms. The Hall–Kier alpha value is 0.400. The van der Waals surface area contributed by atoms with E-state index in [4.69, 9.17) is 9.47 Å². The second kappa shape index (κ2) is 5.20. The molecule has 72 valence electrons. The van der Waals surface area contributed by atoms with Crippen molar-refractivity contribution in [3.05, 3.63) is 0 Å². The SMILES string of the molecule is CCOCC1(CBr)CCCCO1. The van der Waals surface area contributed by atoms with E-state index in [-0.39, 0.29) is 5.60 Å². The Balaban J connectivity index is 2.37. The number of alkyl halides is 1. The lowest BCUT2D eigenvalue weighted by molar-refractivity contribution is -0.105. The first-order chi connectivity index (χ1) is 5.83. The molecule has 3 heteroatoms. The third kappa shape index (κ3) is 2.71. The van der Waals surface area contributed by atoms with E-state index in [1.165, 1.54) is 12.8 Å². The Labute approximate surface area is 82.7 Å². The van der Waals surface area contributed by atoms with Gasteiger partial charge in [0.25, 0.3) is 0 Å². The molecule has 1 rings (SSSR count). The summed E-state index contributed by atoms with van der Waals surface area (Å²) >= 11 is 3.49. The maximum absolute atomic E-state index is 5.74. The van der Waals surface area contributed by atoms with Crippen LogP contribution in [0.5, 0.6) is 0 Å². The van der Waals surface area contributed by atoms with Crippen molar-refractivity contribution in [1.29, 1.82) is 0 Å². The van der Waals surface area contributed by atoms with Gasteiger partial charge < -0.3 is 9.47 Å². The van der Waals surface area contributed by atoms with Crippen molar-refractivity contribution in [1.82, 2.24) is 0 Å². The van der Waals surface area contributed by atoms with Crippen molar-refractivity contribution in [3.63, 3.8) is 0 Å². The molecule has 0 radical (unpaired) electrons. The van der Waals surface area contributed by atoms with Crippen LogP contribution in [0, 0.1) is 0 Å². The first-order valence-corrected chi connectivity index (χ1v) is 5.73. The van der Waals surface area contributed by atoms with Crippen LogP contribution in [0.2, 0.25) is 0 Å². The smallest absolute Gasteiger partial charge is 0.101 e. The molecule has 1 aliphatic rings. The zero-order valence-corrected chi connectivity index (χ0v) is 9.23. The summed E-state index contributed by atoms with van der Waals surface area (Å²) in [6.45, 7) is 4.41. The zero-order chi connectivity index (χ0) is 8.86. The van der Waals surface area contributed by atoms with Crippen LogP contribution in [0.3, 0.4) is 0 Å². The van der Waals surface area contributed by atoms with Crippen LogP contribution in [-0.2, 0) is 9.47 Å². The molecular formula is C9H17BrO2. The molecule has 0 aromatic carbocycles. The van der Waals surface area contributed by atoms with Crippen molar-refractivity contribution in [3.8, 4) is 0 Å². The van der Waals surface area contributed by atoms with Crippen molar-refractivity contribution < 1.29 is 9.47 Å². The Morgan fingerprint density at radius 2 is 2.33 bits per heavy atom. The monoisotopic (exact) mass is 236 g/mol. The van der Waals surface area contributed by atoms with Gasteiger partial charge in [-0.05, 0) is 26.2 Å². The first kappa shape index (κ1) is 10.5. The molecule has 1 heterocycles.